The molecular formula is C54H37BClF6N6O6. The van der Waals surface area contributed by atoms with Gasteiger partial charge in [0.1, 0.15) is 35.3 Å². The SMILES string of the molecule is Cc1ccc(-c2ccccc2-n2cnc(=O)c3cc(Oc4ncccc4C(F)(F)F)ccc32)cc1.Cc1ccc(O[B]O)cc1.O=c1ncn(-c2ccccc2Cl)c2ccc(Oc3ncccc3C(F)(F)F)cc12. The Labute approximate surface area is 422 Å². The summed E-state index contributed by atoms with van der Waals surface area (Å²) in [5.41, 5.74) is 3.55. The molecule has 20 heteroatoms. The third-order valence-electron chi connectivity index (χ3n) is 10.9. The van der Waals surface area contributed by atoms with E-state index >= 15 is 0 Å². The number of rotatable bonds is 9. The molecule has 0 unspecified atom stereocenters. The van der Waals surface area contributed by atoms with E-state index in [1.165, 1.54) is 67.0 Å². The summed E-state index contributed by atoms with van der Waals surface area (Å²) in [7, 11) is 0.671. The van der Waals surface area contributed by atoms with Gasteiger partial charge in [0.15, 0.2) is 0 Å². The van der Waals surface area contributed by atoms with Gasteiger partial charge in [-0.15, -0.1) is 0 Å². The van der Waals surface area contributed by atoms with Crippen LogP contribution in [0.5, 0.6) is 29.0 Å². The third-order valence-corrected chi connectivity index (χ3v) is 11.2. The Morgan fingerprint density at radius 2 is 0.973 bits per heavy atom. The zero-order chi connectivity index (χ0) is 52.6. The van der Waals surface area contributed by atoms with Crippen molar-refractivity contribution in [3.63, 3.8) is 0 Å². The normalized spacial score (nSPS) is 11.2. The van der Waals surface area contributed by atoms with Crippen molar-refractivity contribution in [1.82, 2.24) is 29.1 Å². The second-order valence-corrected chi connectivity index (χ2v) is 16.4. The topological polar surface area (TPSA) is 143 Å². The van der Waals surface area contributed by atoms with Crippen LogP contribution < -0.4 is 25.2 Å². The van der Waals surface area contributed by atoms with Gasteiger partial charge in [-0.2, -0.15) is 36.3 Å². The number of fused-ring (bicyclic) bond motifs is 2. The lowest BCUT2D eigenvalue weighted by molar-refractivity contribution is -0.139. The van der Waals surface area contributed by atoms with E-state index in [0.717, 1.165) is 34.5 Å². The molecule has 74 heavy (non-hydrogen) atoms. The van der Waals surface area contributed by atoms with Gasteiger partial charge >= 0.3 is 20.0 Å². The fourth-order valence-corrected chi connectivity index (χ4v) is 7.60. The van der Waals surface area contributed by atoms with Crippen molar-refractivity contribution in [2.45, 2.75) is 26.2 Å². The molecule has 12 nitrogen and oxygen atoms in total. The summed E-state index contributed by atoms with van der Waals surface area (Å²) in [5.74, 6) is -0.473. The van der Waals surface area contributed by atoms with Crippen LogP contribution in [-0.2, 0) is 12.4 Å². The molecule has 0 aliphatic carbocycles. The number of hydrogen-bond donors (Lipinski definition) is 1. The number of benzene rings is 6. The number of halogens is 7. The minimum Gasteiger partial charge on any atom is -0.537 e. The maximum atomic E-state index is 13.3. The van der Waals surface area contributed by atoms with Crippen molar-refractivity contribution < 1.29 is 45.5 Å². The molecule has 10 aromatic rings. The monoisotopic (exact) mass is 1030 g/mol. The number of aromatic nitrogens is 6. The zero-order valence-electron chi connectivity index (χ0n) is 38.7. The van der Waals surface area contributed by atoms with Gasteiger partial charge in [0.05, 0.1) is 44.0 Å². The molecule has 0 amide bonds. The molecule has 1 radical (unpaired) electrons. The second kappa shape index (κ2) is 22.3. The first-order chi connectivity index (χ1) is 35.5. The highest BCUT2D eigenvalue weighted by atomic mass is 35.5. The van der Waals surface area contributed by atoms with E-state index in [2.05, 4.69) is 19.9 Å². The smallest absolute Gasteiger partial charge is 0.537 e. The quantitative estimate of drug-likeness (QED) is 0.110. The zero-order valence-corrected chi connectivity index (χ0v) is 39.5. The average molecular weight is 1030 g/mol. The molecule has 4 heterocycles. The third kappa shape index (κ3) is 12.1. The van der Waals surface area contributed by atoms with Gasteiger partial charge < -0.3 is 19.2 Å². The maximum absolute atomic E-state index is 13.3. The Balaban J connectivity index is 0.000000168. The van der Waals surface area contributed by atoms with Crippen molar-refractivity contribution in [2.75, 3.05) is 0 Å². The van der Waals surface area contributed by atoms with Crippen molar-refractivity contribution in [2.24, 2.45) is 0 Å². The van der Waals surface area contributed by atoms with Crippen molar-refractivity contribution in [3.05, 3.63) is 231 Å². The molecule has 10 rings (SSSR count). The summed E-state index contributed by atoms with van der Waals surface area (Å²) >= 11 is 6.23. The lowest BCUT2D eigenvalue weighted by Gasteiger charge is -2.16. The highest BCUT2D eigenvalue weighted by Gasteiger charge is 2.36. The van der Waals surface area contributed by atoms with Crippen LogP contribution in [0.15, 0.2) is 192 Å². The van der Waals surface area contributed by atoms with E-state index in [9.17, 15) is 35.9 Å². The molecule has 0 aliphatic heterocycles. The molecule has 0 atom stereocenters. The minimum atomic E-state index is -4.63. The number of alkyl halides is 6. The van der Waals surface area contributed by atoms with Crippen LogP contribution in [0.3, 0.4) is 0 Å². The minimum absolute atomic E-state index is 0.0255. The lowest BCUT2D eigenvalue weighted by atomic mass is 10.0. The molecular weight excluding hydrogens is 989 g/mol. The summed E-state index contributed by atoms with van der Waals surface area (Å²) in [4.78, 5) is 40.1. The highest BCUT2D eigenvalue weighted by molar-refractivity contribution is 6.32. The van der Waals surface area contributed by atoms with Gasteiger partial charge in [0, 0.05) is 18.0 Å². The molecule has 0 spiro atoms. The van der Waals surface area contributed by atoms with Crippen LogP contribution in [0.1, 0.15) is 22.3 Å². The van der Waals surface area contributed by atoms with Crippen LogP contribution >= 0.6 is 11.6 Å². The van der Waals surface area contributed by atoms with Gasteiger partial charge in [-0.05, 0) is 110 Å². The van der Waals surface area contributed by atoms with E-state index in [-0.39, 0.29) is 22.3 Å². The van der Waals surface area contributed by atoms with E-state index in [1.807, 2.05) is 74.5 Å². The summed E-state index contributed by atoms with van der Waals surface area (Å²) in [6, 6.07) is 43.1. The van der Waals surface area contributed by atoms with Crippen molar-refractivity contribution >= 4 is 41.1 Å². The molecule has 4 aromatic heterocycles. The molecule has 1 N–H and O–H groups in total. The number of ether oxygens (including phenoxy) is 2. The van der Waals surface area contributed by atoms with Crippen LogP contribution in [0.4, 0.5) is 26.3 Å². The number of aryl methyl sites for hydroxylation is 2. The summed E-state index contributed by atoms with van der Waals surface area (Å²) in [5, 5.41) is 9.05. The predicted molar refractivity (Wildman–Crippen MR) is 268 cm³/mol. The summed E-state index contributed by atoms with van der Waals surface area (Å²) in [6.07, 6.45) is -4.07. The average Bonchev–Trinajstić information content (AvgIpc) is 3.39. The van der Waals surface area contributed by atoms with Gasteiger partial charge in [-0.3, -0.25) is 18.7 Å². The first-order valence-corrected chi connectivity index (χ1v) is 22.4. The highest BCUT2D eigenvalue weighted by Crippen LogP contribution is 2.39. The number of nitrogens with zero attached hydrogens (tertiary/aromatic N) is 6. The molecule has 0 fully saturated rings. The van der Waals surface area contributed by atoms with Crippen molar-refractivity contribution in [3.8, 4) is 51.5 Å². The van der Waals surface area contributed by atoms with Gasteiger partial charge in [-0.1, -0.05) is 89.5 Å². The van der Waals surface area contributed by atoms with Crippen LogP contribution in [0.25, 0.3) is 44.3 Å². The van der Waals surface area contributed by atoms with Crippen molar-refractivity contribution in [1.29, 1.82) is 0 Å². The molecule has 6 aromatic carbocycles. The van der Waals surface area contributed by atoms with E-state index < -0.39 is 46.4 Å². The number of hydrogen-bond acceptors (Lipinski definition) is 10. The largest absolute Gasteiger partial charge is 0.569 e. The predicted octanol–water partition coefficient (Wildman–Crippen LogP) is 12.7. The Kier molecular flexibility index (Phi) is 15.5. The van der Waals surface area contributed by atoms with E-state index in [1.54, 1.807) is 57.7 Å². The van der Waals surface area contributed by atoms with E-state index in [4.69, 9.17) is 30.8 Å². The lowest BCUT2D eigenvalue weighted by Crippen LogP contribution is -2.12. The van der Waals surface area contributed by atoms with Gasteiger partial charge in [0.2, 0.25) is 11.8 Å². The van der Waals surface area contributed by atoms with Gasteiger partial charge in [-0.25, -0.2) is 9.97 Å². The number of pyridine rings is 2. The maximum Gasteiger partial charge on any atom is 0.569 e. The molecule has 0 aliphatic rings. The molecule has 0 saturated heterocycles. The second-order valence-electron chi connectivity index (χ2n) is 16.0. The first kappa shape index (κ1) is 51.5. The molecule has 371 valence electrons. The van der Waals surface area contributed by atoms with E-state index in [0.29, 0.717) is 35.2 Å². The Morgan fingerprint density at radius 1 is 0.527 bits per heavy atom. The van der Waals surface area contributed by atoms with Crippen LogP contribution in [0, 0.1) is 13.8 Å². The first-order valence-electron chi connectivity index (χ1n) is 22.0. The van der Waals surface area contributed by atoms with Crippen LogP contribution in [0.2, 0.25) is 5.02 Å². The fraction of sp³-hybridized carbons (Fsp3) is 0.0741. The summed E-state index contributed by atoms with van der Waals surface area (Å²) in [6.45, 7) is 4.00. The fourth-order valence-electron chi connectivity index (χ4n) is 7.37. The standard InChI is InChI=1S/C27H18F3N3O2.C20H11ClF3N3O2.C7H8BO2/c1-17-8-10-18(11-9-17)20-5-2-3-7-23(20)33-16-32-25(34)21-15-19(12-13-24(21)33)35-26-22(27(28,29)30)6-4-14-31-26;21-15-5-1-2-6-17(15)27-11-26-18(28)13-10-12(7-8-16(13)27)29-19-14(20(22,23)24)4-3-9-25-19;1-6-2-4-7(5-3-6)10-8-9/h2-16H,1H3;1-11H;2-5,9H,1H3. The van der Waals surface area contributed by atoms with Gasteiger partial charge in [0.25, 0.3) is 11.1 Å². The summed E-state index contributed by atoms with van der Waals surface area (Å²) < 4.78 is 98.3. The Morgan fingerprint density at radius 3 is 1.46 bits per heavy atom. The Hall–Kier alpha value is -8.81. The number of para-hydroxylation sites is 2. The Bertz CT molecular complexity index is 3730. The molecule has 0 saturated carbocycles. The van der Waals surface area contributed by atoms with Crippen LogP contribution in [-0.4, -0.2) is 41.8 Å². The molecule has 0 bridgehead atoms.